The highest BCUT2D eigenvalue weighted by Crippen LogP contribution is 2.52. The summed E-state index contributed by atoms with van der Waals surface area (Å²) in [4.78, 5) is 32.1. The largest absolute Gasteiger partial charge is 0.493 e. The molecular formula is C30H35NO8. The van der Waals surface area contributed by atoms with Gasteiger partial charge in [0, 0.05) is 34.9 Å². The third-order valence-corrected chi connectivity index (χ3v) is 7.38. The van der Waals surface area contributed by atoms with E-state index in [1.807, 2.05) is 24.3 Å². The summed E-state index contributed by atoms with van der Waals surface area (Å²) in [5, 5.41) is 0. The van der Waals surface area contributed by atoms with Crippen LogP contribution in [0, 0.1) is 5.92 Å². The highest BCUT2D eigenvalue weighted by Gasteiger charge is 2.46. The molecule has 3 atom stereocenters. The summed E-state index contributed by atoms with van der Waals surface area (Å²) in [6.45, 7) is 3.76. The molecule has 208 valence electrons. The molecule has 0 radical (unpaired) electrons. The number of hydrogen-bond acceptors (Lipinski definition) is 9. The van der Waals surface area contributed by atoms with Gasteiger partial charge in [-0.15, -0.1) is 0 Å². The number of ether oxygens (including phenoxy) is 6. The number of ketones is 1. The van der Waals surface area contributed by atoms with Gasteiger partial charge in [0.1, 0.15) is 5.92 Å². The summed E-state index contributed by atoms with van der Waals surface area (Å²) in [5.41, 5.74) is 3.32. The van der Waals surface area contributed by atoms with Crippen LogP contribution in [0.15, 0.2) is 46.6 Å². The summed E-state index contributed by atoms with van der Waals surface area (Å²) >= 11 is 0. The number of rotatable bonds is 9. The number of benzene rings is 2. The molecule has 9 heteroatoms. The zero-order valence-electron chi connectivity index (χ0n) is 23.5. The topological polar surface area (TPSA) is 102 Å². The maximum absolute atomic E-state index is 14.0. The van der Waals surface area contributed by atoms with Crippen molar-refractivity contribution in [1.29, 1.82) is 0 Å². The van der Waals surface area contributed by atoms with Crippen molar-refractivity contribution in [3.05, 3.63) is 52.7 Å². The number of methoxy groups -OCH3 is 5. The number of aliphatic imine (C=N–C) groups is 1. The van der Waals surface area contributed by atoms with Crippen LogP contribution in [-0.2, 0) is 14.3 Å². The summed E-state index contributed by atoms with van der Waals surface area (Å²) in [7, 11) is 7.75. The molecule has 2 aromatic rings. The van der Waals surface area contributed by atoms with Gasteiger partial charge in [0.15, 0.2) is 28.8 Å². The lowest BCUT2D eigenvalue weighted by Gasteiger charge is -2.37. The fourth-order valence-corrected chi connectivity index (χ4v) is 5.64. The quantitative estimate of drug-likeness (QED) is 0.418. The van der Waals surface area contributed by atoms with Crippen LogP contribution in [0.1, 0.15) is 49.7 Å². The lowest BCUT2D eigenvalue weighted by molar-refractivity contribution is -0.146. The van der Waals surface area contributed by atoms with E-state index in [1.165, 1.54) is 21.3 Å². The Bertz CT molecular complexity index is 1330. The van der Waals surface area contributed by atoms with E-state index in [-0.39, 0.29) is 24.7 Å². The molecule has 4 rings (SSSR count). The Morgan fingerprint density at radius 3 is 2.15 bits per heavy atom. The number of nitrogens with zero attached hydrogens (tertiary/aromatic N) is 1. The Morgan fingerprint density at radius 2 is 1.54 bits per heavy atom. The molecule has 1 unspecified atom stereocenters. The van der Waals surface area contributed by atoms with Crippen molar-refractivity contribution in [3.63, 3.8) is 0 Å². The van der Waals surface area contributed by atoms with Crippen molar-refractivity contribution in [2.75, 3.05) is 42.2 Å². The van der Waals surface area contributed by atoms with Crippen molar-refractivity contribution < 1.29 is 38.0 Å². The summed E-state index contributed by atoms with van der Waals surface area (Å²) in [5.74, 6) is 0.382. The second-order valence-electron chi connectivity index (χ2n) is 9.39. The van der Waals surface area contributed by atoms with Gasteiger partial charge in [-0.05, 0) is 49.9 Å². The molecule has 39 heavy (non-hydrogen) atoms. The molecule has 1 heterocycles. The van der Waals surface area contributed by atoms with Gasteiger partial charge < -0.3 is 28.4 Å². The smallest absolute Gasteiger partial charge is 0.315 e. The number of hydrogen-bond donors (Lipinski definition) is 0. The van der Waals surface area contributed by atoms with Crippen LogP contribution < -0.4 is 23.7 Å². The third-order valence-electron chi connectivity index (χ3n) is 7.38. The molecule has 2 aliphatic rings. The van der Waals surface area contributed by atoms with Crippen LogP contribution in [0.2, 0.25) is 0 Å². The van der Waals surface area contributed by atoms with Crippen molar-refractivity contribution in [1.82, 2.24) is 0 Å². The molecule has 0 saturated heterocycles. The minimum Gasteiger partial charge on any atom is -0.493 e. The highest BCUT2D eigenvalue weighted by molar-refractivity contribution is 6.09. The Labute approximate surface area is 228 Å². The Balaban J connectivity index is 1.87. The molecular weight excluding hydrogens is 502 g/mol. The lowest BCUT2D eigenvalue weighted by Crippen LogP contribution is -2.38. The predicted molar refractivity (Wildman–Crippen MR) is 146 cm³/mol. The standard InChI is InChI=1S/C30H35NO8/c1-8-39-30(33)25-16(2)31-20-13-18(17-9-11-22(34-3)24(15-17)36-5)14-21(32)27(20)26(25)19-10-12-23(35-4)29(38-7)28(19)37-6/h9-12,15,18,25-26H,8,13-14H2,1-7H3/t18-,25?,26-/m1/s1. The first kappa shape index (κ1) is 28.0. The van der Waals surface area contributed by atoms with E-state index in [9.17, 15) is 9.59 Å². The van der Waals surface area contributed by atoms with Crippen molar-refractivity contribution in [2.45, 2.75) is 38.5 Å². The monoisotopic (exact) mass is 537 g/mol. The van der Waals surface area contributed by atoms with Gasteiger partial charge in [-0.1, -0.05) is 12.1 Å². The van der Waals surface area contributed by atoms with Crippen LogP contribution in [0.25, 0.3) is 0 Å². The normalized spacial score (nSPS) is 20.5. The summed E-state index contributed by atoms with van der Waals surface area (Å²) in [6, 6.07) is 9.25. The van der Waals surface area contributed by atoms with E-state index in [4.69, 9.17) is 33.4 Å². The van der Waals surface area contributed by atoms with E-state index < -0.39 is 17.8 Å². The van der Waals surface area contributed by atoms with Gasteiger partial charge in [0.25, 0.3) is 0 Å². The molecule has 0 N–H and O–H groups in total. The molecule has 0 amide bonds. The molecule has 1 aliphatic carbocycles. The SMILES string of the molecule is CCOC(=O)C1C(C)=NC2=C(C(=O)C[C@H](c3ccc(OC)c(OC)c3)C2)[C@@H]1c1ccc(OC)c(OC)c1OC. The van der Waals surface area contributed by atoms with Crippen LogP contribution >= 0.6 is 0 Å². The molecule has 1 aliphatic heterocycles. The summed E-state index contributed by atoms with van der Waals surface area (Å²) in [6.07, 6.45) is 0.778. The van der Waals surface area contributed by atoms with E-state index >= 15 is 0 Å². The minimum absolute atomic E-state index is 0.0802. The van der Waals surface area contributed by atoms with Crippen molar-refractivity contribution >= 4 is 17.5 Å². The predicted octanol–water partition coefficient (Wildman–Crippen LogP) is 4.87. The zero-order valence-corrected chi connectivity index (χ0v) is 23.5. The Morgan fingerprint density at radius 1 is 0.872 bits per heavy atom. The van der Waals surface area contributed by atoms with Gasteiger partial charge in [-0.25, -0.2) is 0 Å². The van der Waals surface area contributed by atoms with Crippen LogP contribution in [0.5, 0.6) is 28.7 Å². The van der Waals surface area contributed by atoms with Gasteiger partial charge in [-0.3, -0.25) is 14.6 Å². The molecule has 0 saturated carbocycles. The van der Waals surface area contributed by atoms with Crippen LogP contribution in [0.3, 0.4) is 0 Å². The van der Waals surface area contributed by atoms with Crippen LogP contribution in [0.4, 0.5) is 0 Å². The summed E-state index contributed by atoms with van der Waals surface area (Å²) < 4.78 is 33.2. The van der Waals surface area contributed by atoms with Crippen LogP contribution in [-0.4, -0.2) is 59.6 Å². The number of Topliss-reactive ketones (excluding diaryl/α,β-unsaturated/α-hetero) is 1. The molecule has 2 aromatic carbocycles. The minimum atomic E-state index is -0.794. The van der Waals surface area contributed by atoms with E-state index in [1.54, 1.807) is 34.1 Å². The van der Waals surface area contributed by atoms with E-state index in [0.29, 0.717) is 57.7 Å². The number of carbonyl (C=O) groups is 2. The van der Waals surface area contributed by atoms with Gasteiger partial charge >= 0.3 is 5.97 Å². The second-order valence-corrected chi connectivity index (χ2v) is 9.39. The number of carbonyl (C=O) groups excluding carboxylic acids is 2. The molecule has 0 fully saturated rings. The van der Waals surface area contributed by atoms with Gasteiger partial charge in [0.2, 0.25) is 5.75 Å². The first-order valence-corrected chi connectivity index (χ1v) is 12.8. The molecule has 0 bridgehead atoms. The first-order valence-electron chi connectivity index (χ1n) is 12.8. The lowest BCUT2D eigenvalue weighted by atomic mass is 9.69. The van der Waals surface area contributed by atoms with E-state index in [0.717, 1.165) is 5.56 Å². The maximum Gasteiger partial charge on any atom is 0.315 e. The molecule has 0 spiro atoms. The van der Waals surface area contributed by atoms with Crippen molar-refractivity contribution in [3.8, 4) is 28.7 Å². The third kappa shape index (κ3) is 5.05. The molecule has 9 nitrogen and oxygen atoms in total. The van der Waals surface area contributed by atoms with E-state index in [2.05, 4.69) is 0 Å². The van der Waals surface area contributed by atoms with Crippen molar-refractivity contribution in [2.24, 2.45) is 10.9 Å². The fourth-order valence-electron chi connectivity index (χ4n) is 5.64. The fraction of sp³-hybridized carbons (Fsp3) is 0.433. The number of allylic oxidation sites excluding steroid dienone is 2. The first-order chi connectivity index (χ1) is 18.8. The molecule has 0 aromatic heterocycles. The zero-order chi connectivity index (χ0) is 28.3. The Hall–Kier alpha value is -4.01. The highest BCUT2D eigenvalue weighted by atomic mass is 16.5. The average molecular weight is 538 g/mol. The number of esters is 1. The average Bonchev–Trinajstić information content (AvgIpc) is 2.94. The van der Waals surface area contributed by atoms with Gasteiger partial charge in [0.05, 0.1) is 42.2 Å². The second kappa shape index (κ2) is 11.8. The Kier molecular flexibility index (Phi) is 8.47. The maximum atomic E-state index is 14.0. The van der Waals surface area contributed by atoms with Gasteiger partial charge in [-0.2, -0.15) is 0 Å².